The van der Waals surface area contributed by atoms with Gasteiger partial charge in [0.25, 0.3) is 0 Å². The van der Waals surface area contributed by atoms with Crippen LogP contribution in [0.5, 0.6) is 5.75 Å². The molecule has 2 aromatic carbocycles. The van der Waals surface area contributed by atoms with Gasteiger partial charge in [-0.05, 0) is 74.6 Å². The number of carbonyl (C=O) groups is 1. The molecule has 0 aliphatic rings. The van der Waals surface area contributed by atoms with E-state index < -0.39 is 0 Å². The molecule has 28 heavy (non-hydrogen) atoms. The quantitative estimate of drug-likeness (QED) is 0.562. The van der Waals surface area contributed by atoms with Gasteiger partial charge < -0.3 is 15.0 Å². The molecule has 0 spiro atoms. The molecular formula is C24H30N2O2. The maximum absolute atomic E-state index is 12.1. The lowest BCUT2D eigenvalue weighted by atomic mass is 9.88. The molecule has 4 nitrogen and oxygen atoms in total. The summed E-state index contributed by atoms with van der Waals surface area (Å²) in [5.74, 6) is 0.392. The Morgan fingerprint density at radius 1 is 1.14 bits per heavy atom. The first-order chi connectivity index (χ1) is 13.4. The summed E-state index contributed by atoms with van der Waals surface area (Å²) in [6.07, 6.45) is 1.45. The minimum Gasteiger partial charge on any atom is -0.508 e. The molecule has 148 valence electrons. The van der Waals surface area contributed by atoms with Crippen molar-refractivity contribution in [2.75, 3.05) is 11.9 Å². The van der Waals surface area contributed by atoms with E-state index in [-0.39, 0.29) is 11.5 Å². The van der Waals surface area contributed by atoms with Crippen LogP contribution in [0.3, 0.4) is 0 Å². The molecule has 4 heteroatoms. The van der Waals surface area contributed by atoms with Gasteiger partial charge in [-0.3, -0.25) is 4.79 Å². The fraction of sp³-hybridized carbons (Fsp3) is 0.375. The van der Waals surface area contributed by atoms with Crippen LogP contribution in [0.1, 0.15) is 44.0 Å². The third-order valence-electron chi connectivity index (χ3n) is 5.32. The van der Waals surface area contributed by atoms with Crippen LogP contribution in [0.4, 0.5) is 5.69 Å². The van der Waals surface area contributed by atoms with E-state index in [1.165, 1.54) is 11.2 Å². The van der Waals surface area contributed by atoms with Crippen LogP contribution in [-0.4, -0.2) is 22.0 Å². The molecule has 0 saturated carbocycles. The van der Waals surface area contributed by atoms with Gasteiger partial charge in [0.15, 0.2) is 0 Å². The number of nitrogens with one attached hydrogen (secondary N) is 1. The zero-order valence-corrected chi connectivity index (χ0v) is 17.5. The summed E-state index contributed by atoms with van der Waals surface area (Å²) >= 11 is 0. The molecule has 0 atom stereocenters. The number of phenolic OH excluding ortho intramolecular Hbond substituents is 1. The van der Waals surface area contributed by atoms with Crippen molar-refractivity contribution in [3.8, 4) is 16.9 Å². The van der Waals surface area contributed by atoms with Crippen LogP contribution >= 0.6 is 0 Å². The largest absolute Gasteiger partial charge is 0.508 e. The second-order valence-electron chi connectivity index (χ2n) is 7.51. The van der Waals surface area contributed by atoms with Crippen molar-refractivity contribution in [3.05, 3.63) is 47.2 Å². The molecule has 0 aliphatic heterocycles. The molecule has 3 aromatic rings. The van der Waals surface area contributed by atoms with Gasteiger partial charge in [-0.25, -0.2) is 0 Å². The summed E-state index contributed by atoms with van der Waals surface area (Å²) in [5, 5.41) is 14.5. The number of aryl methyl sites for hydroxylation is 2. The first-order valence-corrected chi connectivity index (χ1v) is 10.1. The second-order valence-corrected chi connectivity index (χ2v) is 7.51. The maximum Gasteiger partial charge on any atom is 0.134 e. The summed E-state index contributed by atoms with van der Waals surface area (Å²) in [6, 6.07) is 9.53. The van der Waals surface area contributed by atoms with Gasteiger partial charge in [-0.2, -0.15) is 0 Å². The number of hydrogen-bond acceptors (Lipinski definition) is 3. The van der Waals surface area contributed by atoms with Crippen molar-refractivity contribution in [2.24, 2.45) is 0 Å². The number of nitrogens with zero attached hydrogens (tertiary/aromatic N) is 1. The highest BCUT2D eigenvalue weighted by Gasteiger charge is 2.22. The number of Topliss-reactive ketones (excluding diaryl/α,β-unsaturated/α-hetero) is 1. The SMILES string of the molecule is CCCn1c(C)cc2c(-c3ccc(O)cc3)c(CC(C)=O)c(C)c(NCC)c21. The van der Waals surface area contributed by atoms with Gasteiger partial charge in [0.1, 0.15) is 11.5 Å². The molecule has 0 unspecified atom stereocenters. The average molecular weight is 379 g/mol. The van der Waals surface area contributed by atoms with E-state index in [2.05, 4.69) is 43.6 Å². The topological polar surface area (TPSA) is 54.3 Å². The van der Waals surface area contributed by atoms with Gasteiger partial charge in [0.2, 0.25) is 0 Å². The first kappa shape index (κ1) is 20.0. The Morgan fingerprint density at radius 2 is 1.82 bits per heavy atom. The Labute approximate surface area is 167 Å². The zero-order valence-electron chi connectivity index (χ0n) is 17.5. The number of ketones is 1. The van der Waals surface area contributed by atoms with Crippen LogP contribution in [0.25, 0.3) is 22.0 Å². The van der Waals surface area contributed by atoms with Gasteiger partial charge in [-0.1, -0.05) is 19.1 Å². The Hall–Kier alpha value is -2.75. The number of hydrogen-bond donors (Lipinski definition) is 2. The van der Waals surface area contributed by atoms with Gasteiger partial charge in [0, 0.05) is 30.6 Å². The number of rotatable bonds is 7. The molecule has 0 radical (unpaired) electrons. The number of benzene rings is 2. The van der Waals surface area contributed by atoms with Gasteiger partial charge in [0.05, 0.1) is 11.2 Å². The molecule has 2 N–H and O–H groups in total. The number of anilines is 1. The van der Waals surface area contributed by atoms with E-state index in [1.807, 2.05) is 12.1 Å². The molecule has 0 amide bonds. The molecule has 1 aromatic heterocycles. The van der Waals surface area contributed by atoms with Crippen molar-refractivity contribution >= 4 is 22.4 Å². The fourth-order valence-corrected chi connectivity index (χ4v) is 4.15. The third kappa shape index (κ3) is 3.51. The Bertz CT molecular complexity index is 1010. The zero-order chi connectivity index (χ0) is 20.4. The standard InChI is InChI=1S/C24H30N2O2/c1-6-12-26-15(3)13-21-22(18-8-10-19(28)11-9-18)20(14-16(4)27)17(5)23(24(21)26)25-7-2/h8-11,13,25,28H,6-7,12,14H2,1-5H3. The lowest BCUT2D eigenvalue weighted by molar-refractivity contribution is -0.116. The summed E-state index contributed by atoms with van der Waals surface area (Å²) in [6.45, 7) is 12.0. The minimum atomic E-state index is 0.148. The number of aromatic nitrogens is 1. The highest BCUT2D eigenvalue weighted by molar-refractivity contribution is 6.06. The fourth-order valence-electron chi connectivity index (χ4n) is 4.15. The molecule has 0 saturated heterocycles. The lowest BCUT2D eigenvalue weighted by Gasteiger charge is -2.21. The molecule has 0 aliphatic carbocycles. The molecule has 3 rings (SSSR count). The second kappa shape index (κ2) is 8.09. The lowest BCUT2D eigenvalue weighted by Crippen LogP contribution is -2.09. The predicted molar refractivity (Wildman–Crippen MR) is 117 cm³/mol. The van der Waals surface area contributed by atoms with Crippen LogP contribution in [0.15, 0.2) is 30.3 Å². The van der Waals surface area contributed by atoms with Crippen LogP contribution in [-0.2, 0) is 17.8 Å². The normalized spacial score (nSPS) is 11.2. The number of fused-ring (bicyclic) bond motifs is 1. The highest BCUT2D eigenvalue weighted by atomic mass is 16.3. The first-order valence-electron chi connectivity index (χ1n) is 10.1. The van der Waals surface area contributed by atoms with E-state index >= 15 is 0 Å². The smallest absolute Gasteiger partial charge is 0.134 e. The molecular weight excluding hydrogens is 348 g/mol. The minimum absolute atomic E-state index is 0.148. The average Bonchev–Trinajstić information content (AvgIpc) is 2.96. The van der Waals surface area contributed by atoms with E-state index in [0.29, 0.717) is 6.42 Å². The third-order valence-corrected chi connectivity index (χ3v) is 5.32. The van der Waals surface area contributed by atoms with Gasteiger partial charge >= 0.3 is 0 Å². The number of carbonyl (C=O) groups excluding carboxylic acids is 1. The van der Waals surface area contributed by atoms with Crippen LogP contribution < -0.4 is 5.32 Å². The van der Waals surface area contributed by atoms with Crippen molar-refractivity contribution in [3.63, 3.8) is 0 Å². The monoisotopic (exact) mass is 378 g/mol. The van der Waals surface area contributed by atoms with E-state index in [0.717, 1.165) is 52.8 Å². The highest BCUT2D eigenvalue weighted by Crippen LogP contribution is 2.42. The van der Waals surface area contributed by atoms with Crippen LogP contribution in [0.2, 0.25) is 0 Å². The van der Waals surface area contributed by atoms with E-state index in [1.54, 1.807) is 19.1 Å². The summed E-state index contributed by atoms with van der Waals surface area (Å²) in [5.41, 5.74) is 7.86. The molecule has 1 heterocycles. The van der Waals surface area contributed by atoms with Crippen molar-refractivity contribution in [1.29, 1.82) is 0 Å². The maximum atomic E-state index is 12.1. The molecule has 0 fully saturated rings. The Kier molecular flexibility index (Phi) is 5.78. The summed E-state index contributed by atoms with van der Waals surface area (Å²) < 4.78 is 2.38. The number of phenols is 1. The molecule has 0 bridgehead atoms. The summed E-state index contributed by atoms with van der Waals surface area (Å²) in [4.78, 5) is 12.1. The predicted octanol–water partition coefficient (Wildman–Crippen LogP) is 5.60. The van der Waals surface area contributed by atoms with E-state index in [9.17, 15) is 9.90 Å². The van der Waals surface area contributed by atoms with Crippen molar-refractivity contribution in [2.45, 2.75) is 54.0 Å². The van der Waals surface area contributed by atoms with Crippen molar-refractivity contribution < 1.29 is 9.90 Å². The van der Waals surface area contributed by atoms with Crippen molar-refractivity contribution in [1.82, 2.24) is 4.57 Å². The van der Waals surface area contributed by atoms with Gasteiger partial charge in [-0.15, -0.1) is 0 Å². The number of aromatic hydroxyl groups is 1. The van der Waals surface area contributed by atoms with E-state index in [4.69, 9.17) is 0 Å². The summed E-state index contributed by atoms with van der Waals surface area (Å²) in [7, 11) is 0. The Balaban J connectivity index is 2.47. The van der Waals surface area contributed by atoms with Crippen LogP contribution in [0, 0.1) is 13.8 Å². The Morgan fingerprint density at radius 3 is 2.39 bits per heavy atom.